The SMILES string of the molecule is CCn1nccc1C(=O)N1CC(CO)C2(CCN(c3ccc(C#N)c(C(F)(F)F)c3)CC2)C1. The van der Waals surface area contributed by atoms with Crippen LogP contribution in [0.15, 0.2) is 30.5 Å². The average Bonchev–Trinajstić information content (AvgIpc) is 3.43. The summed E-state index contributed by atoms with van der Waals surface area (Å²) in [5.74, 6) is -0.206. The normalized spacial score (nSPS) is 20.3. The summed E-state index contributed by atoms with van der Waals surface area (Å²) < 4.78 is 41.8. The Morgan fingerprint density at radius 3 is 2.64 bits per heavy atom. The molecule has 7 nitrogen and oxygen atoms in total. The maximum absolute atomic E-state index is 13.4. The number of alkyl halides is 3. The number of hydrogen-bond acceptors (Lipinski definition) is 5. The third kappa shape index (κ3) is 4.17. The smallest absolute Gasteiger partial charge is 0.396 e. The van der Waals surface area contributed by atoms with Gasteiger partial charge in [0.2, 0.25) is 0 Å². The minimum Gasteiger partial charge on any atom is -0.396 e. The molecule has 2 saturated heterocycles. The van der Waals surface area contributed by atoms with Crippen LogP contribution in [0.25, 0.3) is 0 Å². The lowest BCUT2D eigenvalue weighted by Gasteiger charge is -2.43. The van der Waals surface area contributed by atoms with Gasteiger partial charge in [0.1, 0.15) is 5.69 Å². The van der Waals surface area contributed by atoms with Gasteiger partial charge in [0, 0.05) is 57.1 Å². The lowest BCUT2D eigenvalue weighted by atomic mass is 9.71. The van der Waals surface area contributed by atoms with Crippen LogP contribution in [-0.2, 0) is 12.7 Å². The van der Waals surface area contributed by atoms with Crippen molar-refractivity contribution < 1.29 is 23.1 Å². The predicted octanol–water partition coefficient (Wildman–Crippen LogP) is 3.14. The highest BCUT2D eigenvalue weighted by molar-refractivity contribution is 5.92. The van der Waals surface area contributed by atoms with Crippen LogP contribution >= 0.6 is 0 Å². The first kappa shape index (κ1) is 23.1. The molecule has 0 saturated carbocycles. The molecular formula is C23H26F3N5O2. The van der Waals surface area contributed by atoms with E-state index in [0.29, 0.717) is 56.9 Å². The van der Waals surface area contributed by atoms with Crippen LogP contribution in [0.5, 0.6) is 0 Å². The number of aryl methyl sites for hydroxylation is 1. The van der Waals surface area contributed by atoms with E-state index in [0.717, 1.165) is 6.07 Å². The molecule has 1 aromatic carbocycles. The molecule has 1 spiro atoms. The molecule has 0 aliphatic carbocycles. The van der Waals surface area contributed by atoms with Gasteiger partial charge in [0.05, 0.1) is 17.2 Å². The van der Waals surface area contributed by atoms with Gasteiger partial charge < -0.3 is 14.9 Å². The molecule has 2 aliphatic rings. The Morgan fingerprint density at radius 2 is 2.03 bits per heavy atom. The second-order valence-electron chi connectivity index (χ2n) is 8.79. The number of benzene rings is 1. The van der Waals surface area contributed by atoms with Crippen LogP contribution < -0.4 is 4.90 Å². The van der Waals surface area contributed by atoms with Crippen molar-refractivity contribution in [1.82, 2.24) is 14.7 Å². The van der Waals surface area contributed by atoms with E-state index in [1.54, 1.807) is 34.0 Å². The average molecular weight is 461 g/mol. The molecule has 3 heterocycles. The summed E-state index contributed by atoms with van der Waals surface area (Å²) in [6, 6.07) is 7.10. The second kappa shape index (κ2) is 8.71. The molecule has 1 atom stereocenters. The Hall–Kier alpha value is -3.06. The molecule has 4 rings (SSSR count). The number of hydrogen-bond donors (Lipinski definition) is 1. The highest BCUT2D eigenvalue weighted by Crippen LogP contribution is 2.46. The van der Waals surface area contributed by atoms with Crippen LogP contribution in [0.2, 0.25) is 0 Å². The van der Waals surface area contributed by atoms with E-state index in [2.05, 4.69) is 5.10 Å². The van der Waals surface area contributed by atoms with Gasteiger partial charge in [-0.2, -0.15) is 23.5 Å². The number of aliphatic hydroxyl groups is 1. The van der Waals surface area contributed by atoms with E-state index in [4.69, 9.17) is 5.26 Å². The molecule has 1 amide bonds. The molecule has 1 aromatic heterocycles. The van der Waals surface area contributed by atoms with Crippen LogP contribution in [-0.4, -0.2) is 58.5 Å². The number of carbonyl (C=O) groups excluding carboxylic acids is 1. The van der Waals surface area contributed by atoms with Crippen molar-refractivity contribution in [2.75, 3.05) is 37.7 Å². The zero-order chi connectivity index (χ0) is 23.8. The third-order valence-corrected chi connectivity index (χ3v) is 7.11. The fourth-order valence-corrected chi connectivity index (χ4v) is 5.21. The lowest BCUT2D eigenvalue weighted by molar-refractivity contribution is -0.137. The number of amides is 1. The summed E-state index contributed by atoms with van der Waals surface area (Å²) in [5.41, 5.74) is -0.662. The largest absolute Gasteiger partial charge is 0.417 e. The second-order valence-corrected chi connectivity index (χ2v) is 8.79. The number of piperidine rings is 1. The van der Waals surface area contributed by atoms with E-state index in [1.165, 1.54) is 6.07 Å². The quantitative estimate of drug-likeness (QED) is 0.756. The summed E-state index contributed by atoms with van der Waals surface area (Å²) in [4.78, 5) is 16.7. The van der Waals surface area contributed by atoms with Gasteiger partial charge in [-0.1, -0.05) is 0 Å². The number of anilines is 1. The van der Waals surface area contributed by atoms with Gasteiger partial charge in [-0.05, 0) is 49.4 Å². The van der Waals surface area contributed by atoms with Gasteiger partial charge >= 0.3 is 6.18 Å². The maximum Gasteiger partial charge on any atom is 0.417 e. The molecule has 0 bridgehead atoms. The van der Waals surface area contributed by atoms with Gasteiger partial charge in [-0.25, -0.2) is 0 Å². The first-order chi connectivity index (χ1) is 15.7. The van der Waals surface area contributed by atoms with Gasteiger partial charge in [-0.15, -0.1) is 0 Å². The van der Waals surface area contributed by atoms with Crippen LogP contribution in [0.4, 0.5) is 18.9 Å². The topological polar surface area (TPSA) is 85.4 Å². The van der Waals surface area contributed by atoms with E-state index < -0.39 is 17.3 Å². The Balaban J connectivity index is 1.50. The Morgan fingerprint density at radius 1 is 1.30 bits per heavy atom. The number of carbonyl (C=O) groups is 1. The van der Waals surface area contributed by atoms with E-state index >= 15 is 0 Å². The highest BCUT2D eigenvalue weighted by atomic mass is 19.4. The molecule has 1 unspecified atom stereocenters. The van der Waals surface area contributed by atoms with Crippen molar-refractivity contribution in [3.8, 4) is 6.07 Å². The standard InChI is InChI=1S/C23H26F3N5O2/c1-2-31-20(5-8-28-31)21(33)30-13-17(14-32)22(15-30)6-9-29(10-7-22)18-4-3-16(12-27)19(11-18)23(24,25)26/h3-5,8,11,17,32H,2,6-7,9-10,13-15H2,1H3. The van der Waals surface area contributed by atoms with Gasteiger partial charge in [0.15, 0.2) is 0 Å². The summed E-state index contributed by atoms with van der Waals surface area (Å²) in [6.07, 6.45) is -1.71. The first-order valence-electron chi connectivity index (χ1n) is 11.0. The first-order valence-corrected chi connectivity index (χ1v) is 11.0. The molecule has 2 aromatic rings. The predicted molar refractivity (Wildman–Crippen MR) is 114 cm³/mol. The van der Waals surface area contributed by atoms with Crippen molar-refractivity contribution in [1.29, 1.82) is 5.26 Å². The number of nitriles is 1. The third-order valence-electron chi connectivity index (χ3n) is 7.11. The molecule has 176 valence electrons. The molecule has 2 aliphatic heterocycles. The fraction of sp³-hybridized carbons (Fsp3) is 0.522. The summed E-state index contributed by atoms with van der Waals surface area (Å²) >= 11 is 0. The molecule has 10 heteroatoms. The fourth-order valence-electron chi connectivity index (χ4n) is 5.21. The van der Waals surface area contributed by atoms with Crippen LogP contribution in [0.1, 0.15) is 41.4 Å². The van der Waals surface area contributed by atoms with Gasteiger partial charge in [-0.3, -0.25) is 9.48 Å². The molecule has 33 heavy (non-hydrogen) atoms. The minimum atomic E-state index is -4.60. The minimum absolute atomic E-state index is 0.0497. The molecule has 1 N–H and O–H groups in total. The van der Waals surface area contributed by atoms with Crippen molar-refractivity contribution in [3.05, 3.63) is 47.3 Å². The van der Waals surface area contributed by atoms with Crippen molar-refractivity contribution in [2.45, 2.75) is 32.5 Å². The van der Waals surface area contributed by atoms with Crippen molar-refractivity contribution in [2.24, 2.45) is 11.3 Å². The summed E-state index contributed by atoms with van der Waals surface area (Å²) in [5, 5.41) is 23.2. The maximum atomic E-state index is 13.4. The number of likely N-dealkylation sites (tertiary alicyclic amines) is 1. The molecule has 0 radical (unpaired) electrons. The van der Waals surface area contributed by atoms with Gasteiger partial charge in [0.25, 0.3) is 5.91 Å². The monoisotopic (exact) mass is 461 g/mol. The number of aromatic nitrogens is 2. The lowest BCUT2D eigenvalue weighted by Crippen LogP contribution is -2.45. The number of nitrogens with zero attached hydrogens (tertiary/aromatic N) is 5. The van der Waals surface area contributed by atoms with Crippen LogP contribution in [0.3, 0.4) is 0 Å². The van der Waals surface area contributed by atoms with E-state index in [9.17, 15) is 23.1 Å². The van der Waals surface area contributed by atoms with Crippen LogP contribution in [0, 0.1) is 22.7 Å². The molecular weight excluding hydrogens is 435 g/mol. The van der Waals surface area contributed by atoms with E-state index in [1.807, 2.05) is 11.8 Å². The molecule has 2 fully saturated rings. The zero-order valence-electron chi connectivity index (χ0n) is 18.3. The van der Waals surface area contributed by atoms with Crippen molar-refractivity contribution in [3.63, 3.8) is 0 Å². The Bertz CT molecular complexity index is 1070. The van der Waals surface area contributed by atoms with Crippen molar-refractivity contribution >= 4 is 11.6 Å². The Labute approximate surface area is 190 Å². The Kier molecular flexibility index (Phi) is 6.10. The summed E-state index contributed by atoms with van der Waals surface area (Å²) in [6.45, 7) is 4.40. The zero-order valence-corrected chi connectivity index (χ0v) is 18.3. The number of halogens is 3. The number of aliphatic hydroxyl groups excluding tert-OH is 1. The summed E-state index contributed by atoms with van der Waals surface area (Å²) in [7, 11) is 0. The van der Waals surface area contributed by atoms with E-state index in [-0.39, 0.29) is 23.8 Å². The number of rotatable bonds is 4. The highest BCUT2D eigenvalue weighted by Gasteiger charge is 2.49.